The SMILES string of the molecule is N#CC1CC(F)CN1C(=O)CNC1CCCCC1.[Cl-].[H+]. The van der Waals surface area contributed by atoms with Gasteiger partial charge in [-0.05, 0) is 12.8 Å². The third-order valence-corrected chi connectivity index (χ3v) is 3.87. The van der Waals surface area contributed by atoms with Gasteiger partial charge in [0.25, 0.3) is 0 Å². The number of carbonyl (C=O) groups is 1. The Morgan fingerprint density at radius 1 is 1.42 bits per heavy atom. The van der Waals surface area contributed by atoms with Gasteiger partial charge < -0.3 is 22.6 Å². The highest BCUT2D eigenvalue weighted by Gasteiger charge is 2.35. The lowest BCUT2D eigenvalue weighted by Gasteiger charge is -2.25. The molecule has 4 nitrogen and oxygen atoms in total. The van der Waals surface area contributed by atoms with E-state index in [-0.39, 0.29) is 39.3 Å². The summed E-state index contributed by atoms with van der Waals surface area (Å²) in [6.07, 6.45) is 5.03. The van der Waals surface area contributed by atoms with Crippen molar-refractivity contribution in [3.05, 3.63) is 0 Å². The number of halogens is 2. The number of carbonyl (C=O) groups excluding carboxylic acids is 1. The quantitative estimate of drug-likeness (QED) is 0.687. The average molecular weight is 290 g/mol. The zero-order valence-corrected chi connectivity index (χ0v) is 11.7. The maximum absolute atomic E-state index is 13.2. The average Bonchev–Trinajstić information content (AvgIpc) is 2.78. The minimum absolute atomic E-state index is 0. The number of nitriles is 1. The Morgan fingerprint density at radius 2 is 2.11 bits per heavy atom. The molecule has 1 aliphatic heterocycles. The molecule has 2 fully saturated rings. The third kappa shape index (κ3) is 4.32. The number of nitrogens with one attached hydrogen (secondary N) is 1. The number of nitrogens with zero attached hydrogens (tertiary/aromatic N) is 2. The van der Waals surface area contributed by atoms with E-state index in [0.29, 0.717) is 6.04 Å². The molecular weight excluding hydrogens is 269 g/mol. The first-order valence-electron chi connectivity index (χ1n) is 6.77. The molecule has 19 heavy (non-hydrogen) atoms. The zero-order valence-electron chi connectivity index (χ0n) is 11.9. The summed E-state index contributed by atoms with van der Waals surface area (Å²) in [5, 5.41) is 12.1. The molecule has 2 unspecified atom stereocenters. The molecule has 0 spiro atoms. The molecule has 0 aromatic rings. The Hall–Kier alpha value is -0.860. The summed E-state index contributed by atoms with van der Waals surface area (Å²) >= 11 is 0. The van der Waals surface area contributed by atoms with Crippen LogP contribution in [0.3, 0.4) is 0 Å². The second-order valence-electron chi connectivity index (χ2n) is 5.24. The van der Waals surface area contributed by atoms with Gasteiger partial charge in [-0.25, -0.2) is 4.39 Å². The number of rotatable bonds is 3. The molecule has 0 aromatic carbocycles. The molecule has 1 saturated carbocycles. The van der Waals surface area contributed by atoms with Crippen LogP contribution in [0.25, 0.3) is 0 Å². The van der Waals surface area contributed by atoms with Crippen LogP contribution in [-0.2, 0) is 4.79 Å². The van der Waals surface area contributed by atoms with Crippen LogP contribution in [0.5, 0.6) is 0 Å². The van der Waals surface area contributed by atoms with E-state index in [1.165, 1.54) is 24.2 Å². The van der Waals surface area contributed by atoms with Gasteiger partial charge in [-0.2, -0.15) is 5.26 Å². The number of amides is 1. The maximum Gasteiger partial charge on any atom is 1.00 e. The van der Waals surface area contributed by atoms with E-state index in [4.69, 9.17) is 5.26 Å². The highest BCUT2D eigenvalue weighted by molar-refractivity contribution is 5.79. The minimum Gasteiger partial charge on any atom is -1.00 e. The van der Waals surface area contributed by atoms with Crippen LogP contribution >= 0.6 is 0 Å². The Morgan fingerprint density at radius 3 is 2.74 bits per heavy atom. The second-order valence-corrected chi connectivity index (χ2v) is 5.24. The largest absolute Gasteiger partial charge is 1.00 e. The van der Waals surface area contributed by atoms with Crippen LogP contribution in [0.4, 0.5) is 4.39 Å². The summed E-state index contributed by atoms with van der Waals surface area (Å²) in [5.41, 5.74) is 0. The van der Waals surface area contributed by atoms with Gasteiger partial charge in [0.15, 0.2) is 0 Å². The summed E-state index contributed by atoms with van der Waals surface area (Å²) < 4.78 is 13.2. The molecule has 1 saturated heterocycles. The molecule has 2 rings (SSSR count). The Balaban J connectivity index is 0.00000180. The topological polar surface area (TPSA) is 56.1 Å². The number of alkyl halides is 1. The molecule has 1 heterocycles. The first-order chi connectivity index (χ1) is 8.70. The fourth-order valence-electron chi connectivity index (χ4n) is 2.82. The lowest BCUT2D eigenvalue weighted by atomic mass is 9.95. The zero-order chi connectivity index (χ0) is 13.0. The van der Waals surface area contributed by atoms with Crippen molar-refractivity contribution in [3.8, 4) is 6.07 Å². The highest BCUT2D eigenvalue weighted by atomic mass is 35.5. The van der Waals surface area contributed by atoms with Gasteiger partial charge >= 0.3 is 1.43 Å². The van der Waals surface area contributed by atoms with Crippen molar-refractivity contribution in [1.82, 2.24) is 10.2 Å². The monoisotopic (exact) mass is 289 g/mol. The molecule has 1 amide bonds. The Labute approximate surface area is 121 Å². The Kier molecular flexibility index (Phi) is 6.53. The van der Waals surface area contributed by atoms with Crippen LogP contribution in [0.15, 0.2) is 0 Å². The van der Waals surface area contributed by atoms with Gasteiger partial charge in [-0.1, -0.05) is 19.3 Å². The van der Waals surface area contributed by atoms with E-state index in [1.54, 1.807) is 0 Å². The summed E-state index contributed by atoms with van der Waals surface area (Å²) in [5.74, 6) is -0.146. The molecule has 1 aliphatic carbocycles. The van der Waals surface area contributed by atoms with Crippen LogP contribution < -0.4 is 17.7 Å². The van der Waals surface area contributed by atoms with E-state index >= 15 is 0 Å². The maximum atomic E-state index is 13.2. The molecular formula is C13H21ClFN3O. The van der Waals surface area contributed by atoms with Crippen molar-refractivity contribution in [3.63, 3.8) is 0 Å². The van der Waals surface area contributed by atoms with Crippen LogP contribution in [0.2, 0.25) is 0 Å². The fourth-order valence-corrected chi connectivity index (χ4v) is 2.82. The van der Waals surface area contributed by atoms with E-state index in [9.17, 15) is 9.18 Å². The van der Waals surface area contributed by atoms with E-state index < -0.39 is 12.2 Å². The molecule has 2 aliphatic rings. The third-order valence-electron chi connectivity index (χ3n) is 3.87. The van der Waals surface area contributed by atoms with Crippen molar-refractivity contribution < 1.29 is 23.0 Å². The smallest absolute Gasteiger partial charge is 1.00 e. The number of hydrogen-bond acceptors (Lipinski definition) is 3. The lowest BCUT2D eigenvalue weighted by molar-refractivity contribution is -0.130. The second kappa shape index (κ2) is 7.66. The van der Waals surface area contributed by atoms with Crippen molar-refractivity contribution in [1.29, 1.82) is 5.26 Å². The summed E-state index contributed by atoms with van der Waals surface area (Å²) in [7, 11) is 0. The standard InChI is InChI=1S/C13H20FN3O.ClH/c14-10-6-12(7-15)17(9-10)13(18)8-16-11-4-2-1-3-5-11;/h10-12,16H,1-6,8-9H2;1H. The van der Waals surface area contributed by atoms with Gasteiger partial charge in [0.2, 0.25) is 5.91 Å². The first-order valence-corrected chi connectivity index (χ1v) is 6.77. The van der Waals surface area contributed by atoms with Crippen molar-refractivity contribution >= 4 is 5.91 Å². The summed E-state index contributed by atoms with van der Waals surface area (Å²) in [6.45, 7) is 0.305. The molecule has 0 bridgehead atoms. The van der Waals surface area contributed by atoms with Crippen LogP contribution in [-0.4, -0.2) is 42.2 Å². The normalized spacial score (nSPS) is 27.7. The van der Waals surface area contributed by atoms with Gasteiger partial charge in [0.05, 0.1) is 19.2 Å². The van der Waals surface area contributed by atoms with Gasteiger partial charge in [0.1, 0.15) is 12.2 Å². The molecule has 0 radical (unpaired) electrons. The van der Waals surface area contributed by atoms with Crippen molar-refractivity contribution in [2.45, 2.75) is 56.8 Å². The van der Waals surface area contributed by atoms with Gasteiger partial charge in [0, 0.05) is 12.5 Å². The van der Waals surface area contributed by atoms with E-state index in [0.717, 1.165) is 12.8 Å². The predicted octanol–water partition coefficient (Wildman–Crippen LogP) is -1.51. The fraction of sp³-hybridized carbons (Fsp3) is 0.846. The molecule has 2 atom stereocenters. The van der Waals surface area contributed by atoms with E-state index in [1.807, 2.05) is 6.07 Å². The van der Waals surface area contributed by atoms with Gasteiger partial charge in [-0.15, -0.1) is 0 Å². The van der Waals surface area contributed by atoms with Crippen molar-refractivity contribution in [2.75, 3.05) is 13.1 Å². The molecule has 108 valence electrons. The van der Waals surface area contributed by atoms with E-state index in [2.05, 4.69) is 5.32 Å². The molecule has 6 heteroatoms. The molecule has 0 aromatic heterocycles. The van der Waals surface area contributed by atoms with Crippen LogP contribution in [0.1, 0.15) is 40.0 Å². The summed E-state index contributed by atoms with van der Waals surface area (Å²) in [6, 6.07) is 1.83. The van der Waals surface area contributed by atoms with Crippen LogP contribution in [0, 0.1) is 11.3 Å². The Bertz CT molecular complexity index is 347. The predicted molar refractivity (Wildman–Crippen MR) is 66.6 cm³/mol. The first kappa shape index (κ1) is 16.2. The number of hydrogen-bond donors (Lipinski definition) is 1. The lowest BCUT2D eigenvalue weighted by Crippen LogP contribution is -3.00. The van der Waals surface area contributed by atoms with Gasteiger partial charge in [-0.3, -0.25) is 4.79 Å². The highest BCUT2D eigenvalue weighted by Crippen LogP contribution is 2.20. The van der Waals surface area contributed by atoms with Crippen molar-refractivity contribution in [2.24, 2.45) is 0 Å². The number of likely N-dealkylation sites (tertiary alicyclic amines) is 1. The molecule has 1 N–H and O–H groups in total. The minimum atomic E-state index is -1.05. The summed E-state index contributed by atoms with van der Waals surface area (Å²) in [4.78, 5) is 13.3.